The van der Waals surface area contributed by atoms with Crippen LogP contribution in [0.5, 0.6) is 0 Å². The minimum Gasteiger partial charge on any atom is -0.392 e. The molecule has 6 heteroatoms. The lowest BCUT2D eigenvalue weighted by atomic mass is 10.0. The molecule has 108 valence electrons. The van der Waals surface area contributed by atoms with E-state index in [2.05, 4.69) is 4.72 Å². The summed E-state index contributed by atoms with van der Waals surface area (Å²) < 4.78 is 27.2. The SMILES string of the molecule is CCC(NS(=O)(=O)c1ccc(Cl)c(CO)c1)C(C)C. The van der Waals surface area contributed by atoms with Crippen LogP contribution in [0.4, 0.5) is 0 Å². The van der Waals surface area contributed by atoms with Crippen molar-refractivity contribution in [1.29, 1.82) is 0 Å². The monoisotopic (exact) mass is 305 g/mol. The van der Waals surface area contributed by atoms with Crippen molar-refractivity contribution in [2.45, 2.75) is 44.7 Å². The number of halogens is 1. The molecule has 1 unspecified atom stereocenters. The van der Waals surface area contributed by atoms with Crippen LogP contribution in [0.15, 0.2) is 23.1 Å². The number of sulfonamides is 1. The minimum absolute atomic E-state index is 0.113. The van der Waals surface area contributed by atoms with E-state index in [9.17, 15) is 8.42 Å². The summed E-state index contributed by atoms with van der Waals surface area (Å²) in [6, 6.07) is 4.21. The number of hydrogen-bond acceptors (Lipinski definition) is 3. The zero-order valence-electron chi connectivity index (χ0n) is 11.4. The third-order valence-corrected chi connectivity index (χ3v) is 4.91. The molecule has 1 aromatic carbocycles. The molecule has 1 rings (SSSR count). The van der Waals surface area contributed by atoms with Gasteiger partial charge in [-0.2, -0.15) is 0 Å². The molecular formula is C13H20ClNO3S. The summed E-state index contributed by atoms with van der Waals surface area (Å²) in [4.78, 5) is 0.125. The predicted octanol–water partition coefficient (Wildman–Crippen LogP) is 2.55. The quantitative estimate of drug-likeness (QED) is 0.849. The average Bonchev–Trinajstić information content (AvgIpc) is 2.36. The van der Waals surface area contributed by atoms with E-state index >= 15 is 0 Å². The highest BCUT2D eigenvalue weighted by Crippen LogP contribution is 2.21. The summed E-state index contributed by atoms with van der Waals surface area (Å²) >= 11 is 5.85. The second kappa shape index (κ2) is 6.70. The molecular weight excluding hydrogens is 286 g/mol. The van der Waals surface area contributed by atoms with Crippen molar-refractivity contribution in [2.24, 2.45) is 5.92 Å². The molecule has 0 bridgehead atoms. The maximum atomic E-state index is 12.2. The van der Waals surface area contributed by atoms with Crippen LogP contribution >= 0.6 is 11.6 Å². The molecule has 0 spiro atoms. The molecule has 0 aliphatic rings. The Morgan fingerprint density at radius 2 is 2.00 bits per heavy atom. The molecule has 0 heterocycles. The van der Waals surface area contributed by atoms with Crippen LogP contribution in [0, 0.1) is 5.92 Å². The van der Waals surface area contributed by atoms with E-state index in [1.54, 1.807) is 0 Å². The van der Waals surface area contributed by atoms with E-state index in [0.717, 1.165) is 6.42 Å². The maximum absolute atomic E-state index is 12.2. The van der Waals surface area contributed by atoms with Crippen molar-refractivity contribution >= 4 is 21.6 Å². The lowest BCUT2D eigenvalue weighted by Gasteiger charge is -2.20. The first kappa shape index (κ1) is 16.4. The van der Waals surface area contributed by atoms with E-state index in [4.69, 9.17) is 16.7 Å². The fourth-order valence-electron chi connectivity index (χ4n) is 1.80. The molecule has 0 aliphatic carbocycles. The number of rotatable bonds is 6. The second-order valence-electron chi connectivity index (χ2n) is 4.79. The Bertz CT molecular complexity index is 529. The van der Waals surface area contributed by atoms with Crippen molar-refractivity contribution in [2.75, 3.05) is 0 Å². The van der Waals surface area contributed by atoms with Crippen LogP contribution in [-0.2, 0) is 16.6 Å². The Morgan fingerprint density at radius 1 is 1.37 bits per heavy atom. The van der Waals surface area contributed by atoms with Crippen LogP contribution in [-0.4, -0.2) is 19.6 Å². The first-order valence-electron chi connectivity index (χ1n) is 6.23. The molecule has 19 heavy (non-hydrogen) atoms. The van der Waals surface area contributed by atoms with Gasteiger partial charge in [-0.15, -0.1) is 0 Å². The van der Waals surface area contributed by atoms with Crippen molar-refractivity contribution < 1.29 is 13.5 Å². The Kier molecular flexibility index (Phi) is 5.80. The fraction of sp³-hybridized carbons (Fsp3) is 0.538. The van der Waals surface area contributed by atoms with Crippen LogP contribution in [0.1, 0.15) is 32.8 Å². The second-order valence-corrected chi connectivity index (χ2v) is 6.91. The van der Waals surface area contributed by atoms with Gasteiger partial charge >= 0.3 is 0 Å². The maximum Gasteiger partial charge on any atom is 0.240 e. The first-order valence-corrected chi connectivity index (χ1v) is 8.09. The van der Waals surface area contributed by atoms with Crippen LogP contribution in [0.25, 0.3) is 0 Å². The first-order chi connectivity index (χ1) is 8.81. The predicted molar refractivity (Wildman–Crippen MR) is 76.6 cm³/mol. The Hall–Kier alpha value is -0.620. The highest BCUT2D eigenvalue weighted by Gasteiger charge is 2.21. The molecule has 0 fully saturated rings. The fourth-order valence-corrected chi connectivity index (χ4v) is 3.49. The number of aliphatic hydroxyl groups is 1. The highest BCUT2D eigenvalue weighted by molar-refractivity contribution is 7.89. The number of benzene rings is 1. The molecule has 4 nitrogen and oxygen atoms in total. The zero-order chi connectivity index (χ0) is 14.6. The average molecular weight is 306 g/mol. The molecule has 0 saturated heterocycles. The van der Waals surface area contributed by atoms with Crippen molar-refractivity contribution in [3.05, 3.63) is 28.8 Å². The van der Waals surface area contributed by atoms with Gasteiger partial charge in [-0.25, -0.2) is 13.1 Å². The van der Waals surface area contributed by atoms with E-state index in [1.807, 2.05) is 20.8 Å². The molecule has 1 aromatic rings. The van der Waals surface area contributed by atoms with Gasteiger partial charge in [0.1, 0.15) is 0 Å². The zero-order valence-corrected chi connectivity index (χ0v) is 12.9. The molecule has 1 atom stereocenters. The molecule has 2 N–H and O–H groups in total. The van der Waals surface area contributed by atoms with E-state index in [0.29, 0.717) is 10.6 Å². The highest BCUT2D eigenvalue weighted by atomic mass is 35.5. The van der Waals surface area contributed by atoms with Gasteiger partial charge in [-0.1, -0.05) is 32.4 Å². The summed E-state index contributed by atoms with van der Waals surface area (Å²) in [6.07, 6.45) is 0.720. The van der Waals surface area contributed by atoms with Gasteiger partial charge in [0.05, 0.1) is 11.5 Å². The van der Waals surface area contributed by atoms with Crippen molar-refractivity contribution in [1.82, 2.24) is 4.72 Å². The summed E-state index contributed by atoms with van der Waals surface area (Å²) in [5, 5.41) is 9.48. The number of aliphatic hydroxyl groups excluding tert-OH is 1. The lowest BCUT2D eigenvalue weighted by Crippen LogP contribution is -2.38. The summed E-state index contributed by atoms with van der Waals surface area (Å²) in [7, 11) is -3.59. The summed E-state index contributed by atoms with van der Waals surface area (Å²) in [5.74, 6) is 0.212. The molecule has 0 aliphatic heterocycles. The van der Waals surface area contributed by atoms with Gasteiger partial charge in [0, 0.05) is 11.1 Å². The number of hydrogen-bond donors (Lipinski definition) is 2. The Balaban J connectivity index is 3.06. The molecule has 0 saturated carbocycles. The van der Waals surface area contributed by atoms with Crippen LogP contribution in [0.2, 0.25) is 5.02 Å². The lowest BCUT2D eigenvalue weighted by molar-refractivity contribution is 0.281. The van der Waals surface area contributed by atoms with Crippen LogP contribution < -0.4 is 4.72 Å². The van der Waals surface area contributed by atoms with Gasteiger partial charge in [-0.3, -0.25) is 0 Å². The van der Waals surface area contributed by atoms with Gasteiger partial charge in [0.2, 0.25) is 10.0 Å². The van der Waals surface area contributed by atoms with Gasteiger partial charge in [-0.05, 0) is 36.1 Å². The van der Waals surface area contributed by atoms with E-state index < -0.39 is 10.0 Å². The van der Waals surface area contributed by atoms with Gasteiger partial charge in [0.25, 0.3) is 0 Å². The smallest absolute Gasteiger partial charge is 0.240 e. The normalized spacial score (nSPS) is 13.8. The molecule has 0 amide bonds. The standard InChI is InChI=1S/C13H20ClNO3S/c1-4-13(9(2)3)15-19(17,18)11-5-6-12(14)10(7-11)8-16/h5-7,9,13,15-16H,4,8H2,1-3H3. The third kappa shape index (κ3) is 4.18. The van der Waals surface area contributed by atoms with E-state index in [1.165, 1.54) is 18.2 Å². The minimum atomic E-state index is -3.59. The Morgan fingerprint density at radius 3 is 2.47 bits per heavy atom. The van der Waals surface area contributed by atoms with E-state index in [-0.39, 0.29) is 23.5 Å². The topological polar surface area (TPSA) is 66.4 Å². The molecule has 0 radical (unpaired) electrons. The third-order valence-electron chi connectivity index (χ3n) is 3.05. The summed E-state index contributed by atoms with van der Waals surface area (Å²) in [6.45, 7) is 5.59. The van der Waals surface area contributed by atoms with Gasteiger partial charge in [0.15, 0.2) is 0 Å². The summed E-state index contributed by atoms with van der Waals surface area (Å²) in [5.41, 5.74) is 0.405. The Labute approximate surface area is 119 Å². The van der Waals surface area contributed by atoms with Crippen molar-refractivity contribution in [3.8, 4) is 0 Å². The largest absolute Gasteiger partial charge is 0.392 e. The molecule has 0 aromatic heterocycles. The number of nitrogens with one attached hydrogen (secondary N) is 1. The van der Waals surface area contributed by atoms with Crippen LogP contribution in [0.3, 0.4) is 0 Å². The van der Waals surface area contributed by atoms with Crippen molar-refractivity contribution in [3.63, 3.8) is 0 Å². The van der Waals surface area contributed by atoms with Gasteiger partial charge < -0.3 is 5.11 Å².